The van der Waals surface area contributed by atoms with E-state index in [0.29, 0.717) is 52.7 Å². The Bertz CT molecular complexity index is 1060. The zero-order chi connectivity index (χ0) is 20.5. The Kier molecular flexibility index (Phi) is 5.43. The minimum absolute atomic E-state index is 0.216. The maximum atomic E-state index is 14.5. The average Bonchev–Trinajstić information content (AvgIpc) is 3.07. The predicted molar refractivity (Wildman–Crippen MR) is 108 cm³/mol. The number of hydrogen-bond donors (Lipinski definition) is 1. The fourth-order valence-electron chi connectivity index (χ4n) is 4.64. The maximum Gasteiger partial charge on any atom is 0.163 e. The van der Waals surface area contributed by atoms with Crippen molar-refractivity contribution in [2.24, 2.45) is 11.8 Å². The molecule has 2 heterocycles. The minimum atomic E-state index is -0.412. The summed E-state index contributed by atoms with van der Waals surface area (Å²) in [5.74, 6) is 0.571. The molecule has 4 rings (SSSR count). The Morgan fingerprint density at radius 2 is 2.00 bits per heavy atom. The number of hydrogen-bond acceptors (Lipinski definition) is 3. The first-order valence-electron chi connectivity index (χ1n) is 10.2. The second-order valence-corrected chi connectivity index (χ2v) is 8.37. The molecule has 0 spiro atoms. The van der Waals surface area contributed by atoms with Crippen LogP contribution in [0.1, 0.15) is 50.3 Å². The molecular weight excluding hydrogens is 372 g/mol. The first kappa shape index (κ1) is 19.7. The molecular formula is C23H25F2N3O. The number of halogens is 2. The Balaban J connectivity index is 1.61. The number of carbonyl (C=O) groups is 1. The molecule has 1 fully saturated rings. The largest absolute Gasteiger partial charge is 0.358 e. The summed E-state index contributed by atoms with van der Waals surface area (Å²) >= 11 is 0. The fraction of sp³-hybridized carbons (Fsp3) is 0.435. The first-order valence-corrected chi connectivity index (χ1v) is 10.2. The van der Waals surface area contributed by atoms with Gasteiger partial charge < -0.3 is 9.78 Å². The van der Waals surface area contributed by atoms with Crippen LogP contribution in [0, 0.1) is 30.4 Å². The molecule has 29 heavy (non-hydrogen) atoms. The highest BCUT2D eigenvalue weighted by Gasteiger charge is 2.25. The number of Topliss-reactive ketones (excluding diaryl/α,β-unsaturated/α-hetero) is 1. The normalized spacial score (nSPS) is 19.6. The molecule has 0 aliphatic heterocycles. The van der Waals surface area contributed by atoms with E-state index in [2.05, 4.69) is 15.0 Å². The van der Waals surface area contributed by atoms with Crippen LogP contribution in [0.25, 0.3) is 22.3 Å². The smallest absolute Gasteiger partial charge is 0.163 e. The standard InChI is InChI=1S/C23H25F2N3O/c1-13-6-17-18(11-26-22(17)19(24)7-13)23-27-12-20(25)21(28-23)10-16-5-3-4-15(9-16)8-14(2)29/h6-7,11-12,15-16,26H,3-5,8-10H2,1-2H3/t15-,16-/m1/s1. The summed E-state index contributed by atoms with van der Waals surface area (Å²) in [6, 6.07) is 3.35. The number of aromatic nitrogens is 3. The number of nitrogens with zero attached hydrogens (tertiary/aromatic N) is 2. The van der Waals surface area contributed by atoms with Crippen molar-refractivity contribution >= 4 is 16.7 Å². The quantitative estimate of drug-likeness (QED) is 0.615. The number of carbonyl (C=O) groups excluding carboxylic acids is 1. The van der Waals surface area contributed by atoms with E-state index in [4.69, 9.17) is 0 Å². The van der Waals surface area contributed by atoms with Crippen molar-refractivity contribution in [2.45, 2.75) is 52.4 Å². The predicted octanol–water partition coefficient (Wildman–Crippen LogP) is 5.54. The molecule has 0 amide bonds. The molecule has 1 saturated carbocycles. The van der Waals surface area contributed by atoms with Gasteiger partial charge in [-0.05, 0) is 56.2 Å². The lowest BCUT2D eigenvalue weighted by Gasteiger charge is -2.28. The number of aryl methyl sites for hydroxylation is 1. The second kappa shape index (κ2) is 8.01. The van der Waals surface area contributed by atoms with Crippen molar-refractivity contribution in [1.29, 1.82) is 0 Å². The molecule has 0 saturated heterocycles. The highest BCUT2D eigenvalue weighted by molar-refractivity contribution is 5.94. The van der Waals surface area contributed by atoms with Crippen molar-refractivity contribution in [3.63, 3.8) is 0 Å². The topological polar surface area (TPSA) is 58.6 Å². The Morgan fingerprint density at radius 3 is 2.79 bits per heavy atom. The summed E-state index contributed by atoms with van der Waals surface area (Å²) < 4.78 is 28.7. The van der Waals surface area contributed by atoms with Gasteiger partial charge >= 0.3 is 0 Å². The van der Waals surface area contributed by atoms with Gasteiger partial charge in [0.15, 0.2) is 11.6 Å². The average molecular weight is 397 g/mol. The SMILES string of the molecule is CC(=O)C[C@H]1CCC[C@@H](Cc2nc(-c3c[nH]c4c(F)cc(C)cc34)ncc2F)C1. The molecule has 4 nitrogen and oxygen atoms in total. The van der Waals surface area contributed by atoms with Crippen LogP contribution in [-0.4, -0.2) is 20.7 Å². The number of rotatable bonds is 5. The number of benzene rings is 1. The van der Waals surface area contributed by atoms with E-state index < -0.39 is 5.82 Å². The van der Waals surface area contributed by atoms with Crippen molar-refractivity contribution in [2.75, 3.05) is 0 Å². The van der Waals surface area contributed by atoms with Gasteiger partial charge in [-0.1, -0.05) is 19.3 Å². The third kappa shape index (κ3) is 4.21. The van der Waals surface area contributed by atoms with Crippen LogP contribution < -0.4 is 0 Å². The van der Waals surface area contributed by atoms with E-state index in [1.165, 1.54) is 12.3 Å². The van der Waals surface area contributed by atoms with Crippen LogP contribution in [-0.2, 0) is 11.2 Å². The summed E-state index contributed by atoms with van der Waals surface area (Å²) in [6.45, 7) is 3.46. The molecule has 0 radical (unpaired) electrons. The summed E-state index contributed by atoms with van der Waals surface area (Å²) in [5.41, 5.74) is 2.27. The molecule has 152 valence electrons. The lowest BCUT2D eigenvalue weighted by molar-refractivity contribution is -0.118. The van der Waals surface area contributed by atoms with Crippen LogP contribution in [0.4, 0.5) is 8.78 Å². The second-order valence-electron chi connectivity index (χ2n) is 8.37. The van der Waals surface area contributed by atoms with Crippen LogP contribution in [0.15, 0.2) is 24.5 Å². The van der Waals surface area contributed by atoms with Crippen molar-refractivity contribution in [3.05, 3.63) is 47.4 Å². The van der Waals surface area contributed by atoms with Crippen LogP contribution >= 0.6 is 0 Å². The van der Waals surface area contributed by atoms with Gasteiger partial charge in [0.1, 0.15) is 11.6 Å². The molecule has 3 aromatic rings. The van der Waals surface area contributed by atoms with E-state index in [1.807, 2.05) is 13.0 Å². The highest BCUT2D eigenvalue weighted by Crippen LogP contribution is 2.34. The zero-order valence-corrected chi connectivity index (χ0v) is 16.8. The van der Waals surface area contributed by atoms with Gasteiger partial charge in [-0.25, -0.2) is 18.7 Å². The van der Waals surface area contributed by atoms with Crippen molar-refractivity contribution in [3.8, 4) is 11.4 Å². The molecule has 6 heteroatoms. The molecule has 1 aliphatic carbocycles. The molecule has 1 aromatic carbocycles. The molecule has 2 atom stereocenters. The lowest BCUT2D eigenvalue weighted by Crippen LogP contribution is -2.20. The summed E-state index contributed by atoms with van der Waals surface area (Å²) in [6.07, 6.45) is 8.09. The van der Waals surface area contributed by atoms with Crippen molar-refractivity contribution in [1.82, 2.24) is 15.0 Å². The monoisotopic (exact) mass is 397 g/mol. The first-order chi connectivity index (χ1) is 13.9. The maximum absolute atomic E-state index is 14.5. The van der Waals surface area contributed by atoms with E-state index in [0.717, 1.165) is 31.2 Å². The molecule has 1 N–H and O–H groups in total. The third-order valence-electron chi connectivity index (χ3n) is 5.89. The van der Waals surface area contributed by atoms with Crippen LogP contribution in [0.5, 0.6) is 0 Å². The zero-order valence-electron chi connectivity index (χ0n) is 16.8. The van der Waals surface area contributed by atoms with Crippen LogP contribution in [0.3, 0.4) is 0 Å². The van der Waals surface area contributed by atoms with Gasteiger partial charge in [-0.3, -0.25) is 0 Å². The van der Waals surface area contributed by atoms with E-state index >= 15 is 0 Å². The number of nitrogens with one attached hydrogen (secondary N) is 1. The number of H-pyrrole nitrogens is 1. The van der Waals surface area contributed by atoms with Gasteiger partial charge in [-0.2, -0.15) is 0 Å². The van der Waals surface area contributed by atoms with Gasteiger partial charge in [0, 0.05) is 23.6 Å². The minimum Gasteiger partial charge on any atom is -0.358 e. The molecule has 2 aromatic heterocycles. The number of ketones is 1. The number of aromatic amines is 1. The highest BCUT2D eigenvalue weighted by atomic mass is 19.1. The Hall–Kier alpha value is -2.63. The fourth-order valence-corrected chi connectivity index (χ4v) is 4.64. The number of fused-ring (bicyclic) bond motifs is 1. The van der Waals surface area contributed by atoms with Crippen molar-refractivity contribution < 1.29 is 13.6 Å². The summed E-state index contributed by atoms with van der Waals surface area (Å²) in [7, 11) is 0. The molecule has 0 unspecified atom stereocenters. The van der Waals surface area contributed by atoms with Crippen LogP contribution in [0.2, 0.25) is 0 Å². The van der Waals surface area contributed by atoms with Gasteiger partial charge in [0.2, 0.25) is 0 Å². The molecule has 1 aliphatic rings. The molecule has 0 bridgehead atoms. The summed E-state index contributed by atoms with van der Waals surface area (Å²) in [4.78, 5) is 23.1. The van der Waals surface area contributed by atoms with Gasteiger partial charge in [0.05, 0.1) is 17.4 Å². The lowest BCUT2D eigenvalue weighted by atomic mass is 9.77. The van der Waals surface area contributed by atoms with E-state index in [-0.39, 0.29) is 11.6 Å². The summed E-state index contributed by atoms with van der Waals surface area (Å²) in [5, 5.41) is 0.694. The van der Waals surface area contributed by atoms with E-state index in [1.54, 1.807) is 13.1 Å². The third-order valence-corrected chi connectivity index (χ3v) is 5.89. The Morgan fingerprint density at radius 1 is 1.21 bits per heavy atom. The Labute approximate surface area is 168 Å². The van der Waals surface area contributed by atoms with Gasteiger partial charge in [0.25, 0.3) is 0 Å². The van der Waals surface area contributed by atoms with E-state index in [9.17, 15) is 13.6 Å². The van der Waals surface area contributed by atoms with Gasteiger partial charge in [-0.15, -0.1) is 0 Å².